The first-order chi connectivity index (χ1) is 13.5. The molecule has 0 aliphatic heterocycles. The van der Waals surface area contributed by atoms with E-state index in [1.807, 2.05) is 53.9 Å². The largest absolute Gasteiger partial charge is 0.497 e. The zero-order valence-electron chi connectivity index (χ0n) is 15.7. The molecule has 0 unspecified atom stereocenters. The molecule has 7 heteroatoms. The van der Waals surface area contributed by atoms with Gasteiger partial charge in [0.1, 0.15) is 10.8 Å². The predicted octanol–water partition coefficient (Wildman–Crippen LogP) is 3.64. The molecule has 2 N–H and O–H groups in total. The van der Waals surface area contributed by atoms with Gasteiger partial charge in [-0.3, -0.25) is 9.59 Å². The second-order valence-electron chi connectivity index (χ2n) is 6.19. The highest BCUT2D eigenvalue weighted by Gasteiger charge is 2.08. The molecule has 0 bridgehead atoms. The first kappa shape index (κ1) is 19.6. The lowest BCUT2D eigenvalue weighted by molar-refractivity contribution is -0.120. The maximum absolute atomic E-state index is 12.1. The number of hydrogen-bond donors (Lipinski definition) is 2. The highest BCUT2D eigenvalue weighted by Crippen LogP contribution is 2.23. The van der Waals surface area contributed by atoms with E-state index in [9.17, 15) is 9.59 Å². The Hall–Kier alpha value is -3.19. The van der Waals surface area contributed by atoms with Crippen LogP contribution in [0.1, 0.15) is 17.5 Å². The molecular weight excluding hydrogens is 374 g/mol. The van der Waals surface area contributed by atoms with Gasteiger partial charge in [-0.15, -0.1) is 11.3 Å². The lowest BCUT2D eigenvalue weighted by atomic mass is 10.1. The SMILES string of the molecule is COc1ccc(CC(=O)NCc2nc(-c3ccc(NC(C)=O)cc3)cs2)cc1. The van der Waals surface area contributed by atoms with Gasteiger partial charge in [-0.05, 0) is 29.8 Å². The Morgan fingerprint density at radius 1 is 1.07 bits per heavy atom. The van der Waals surface area contributed by atoms with Gasteiger partial charge >= 0.3 is 0 Å². The minimum Gasteiger partial charge on any atom is -0.497 e. The molecule has 0 aliphatic rings. The topological polar surface area (TPSA) is 80.3 Å². The maximum Gasteiger partial charge on any atom is 0.224 e. The van der Waals surface area contributed by atoms with Crippen LogP contribution in [0, 0.1) is 0 Å². The molecule has 2 amide bonds. The summed E-state index contributed by atoms with van der Waals surface area (Å²) in [5.74, 6) is 0.611. The van der Waals surface area contributed by atoms with Gasteiger partial charge in [0.15, 0.2) is 0 Å². The summed E-state index contributed by atoms with van der Waals surface area (Å²) in [6.45, 7) is 1.87. The maximum atomic E-state index is 12.1. The number of aromatic nitrogens is 1. The van der Waals surface area contributed by atoms with Gasteiger partial charge in [0.25, 0.3) is 0 Å². The summed E-state index contributed by atoms with van der Waals surface area (Å²) < 4.78 is 5.12. The molecule has 3 rings (SSSR count). The minimum atomic E-state index is -0.103. The molecule has 0 saturated heterocycles. The lowest BCUT2D eigenvalue weighted by Gasteiger charge is -2.05. The van der Waals surface area contributed by atoms with E-state index in [1.165, 1.54) is 18.3 Å². The molecule has 1 aromatic heterocycles. The second kappa shape index (κ2) is 9.14. The van der Waals surface area contributed by atoms with Crippen LogP contribution in [0.25, 0.3) is 11.3 Å². The van der Waals surface area contributed by atoms with Gasteiger partial charge in [-0.25, -0.2) is 4.98 Å². The number of ether oxygens (including phenoxy) is 1. The summed E-state index contributed by atoms with van der Waals surface area (Å²) in [6.07, 6.45) is 0.312. The first-order valence-electron chi connectivity index (χ1n) is 8.75. The van der Waals surface area contributed by atoms with E-state index in [2.05, 4.69) is 15.6 Å². The van der Waals surface area contributed by atoms with E-state index in [-0.39, 0.29) is 11.8 Å². The third-order valence-electron chi connectivity index (χ3n) is 4.01. The van der Waals surface area contributed by atoms with Crippen molar-refractivity contribution in [3.8, 4) is 17.0 Å². The Labute approximate surface area is 167 Å². The fourth-order valence-electron chi connectivity index (χ4n) is 2.62. The summed E-state index contributed by atoms with van der Waals surface area (Å²) in [5, 5.41) is 8.43. The van der Waals surface area contributed by atoms with Gasteiger partial charge in [-0.1, -0.05) is 24.3 Å². The quantitative estimate of drug-likeness (QED) is 0.640. The molecular formula is C21H21N3O3S. The van der Waals surface area contributed by atoms with E-state index in [0.717, 1.165) is 33.3 Å². The van der Waals surface area contributed by atoms with Crippen LogP contribution in [0.2, 0.25) is 0 Å². The first-order valence-corrected chi connectivity index (χ1v) is 9.63. The summed E-state index contributed by atoms with van der Waals surface area (Å²) in [4.78, 5) is 27.8. The number of amides is 2. The summed E-state index contributed by atoms with van der Waals surface area (Å²) in [6, 6.07) is 14.9. The van der Waals surface area contributed by atoms with Gasteiger partial charge in [0.05, 0.1) is 25.8 Å². The normalized spacial score (nSPS) is 10.4. The van der Waals surface area contributed by atoms with Crippen molar-refractivity contribution in [1.29, 1.82) is 0 Å². The summed E-state index contributed by atoms with van der Waals surface area (Å²) >= 11 is 1.50. The molecule has 6 nitrogen and oxygen atoms in total. The van der Waals surface area contributed by atoms with E-state index in [4.69, 9.17) is 4.74 Å². The summed E-state index contributed by atoms with van der Waals surface area (Å²) in [5.41, 5.74) is 3.48. The van der Waals surface area contributed by atoms with E-state index in [0.29, 0.717) is 13.0 Å². The van der Waals surface area contributed by atoms with Gasteiger partial charge in [-0.2, -0.15) is 0 Å². The van der Waals surface area contributed by atoms with Crippen LogP contribution in [-0.2, 0) is 22.6 Å². The molecule has 2 aromatic carbocycles. The van der Waals surface area contributed by atoms with Crippen molar-refractivity contribution in [3.63, 3.8) is 0 Å². The zero-order valence-corrected chi connectivity index (χ0v) is 16.5. The van der Waals surface area contributed by atoms with Crippen LogP contribution in [0.4, 0.5) is 5.69 Å². The third kappa shape index (κ3) is 5.40. The fourth-order valence-corrected chi connectivity index (χ4v) is 3.36. The number of benzene rings is 2. The van der Waals surface area contributed by atoms with Crippen molar-refractivity contribution < 1.29 is 14.3 Å². The monoisotopic (exact) mass is 395 g/mol. The molecule has 3 aromatic rings. The Morgan fingerprint density at radius 2 is 1.79 bits per heavy atom. The van der Waals surface area contributed by atoms with E-state index < -0.39 is 0 Å². The number of methoxy groups -OCH3 is 1. The van der Waals surface area contributed by atoms with Crippen molar-refractivity contribution in [2.45, 2.75) is 19.9 Å². The number of hydrogen-bond acceptors (Lipinski definition) is 5. The van der Waals surface area contributed by atoms with Crippen molar-refractivity contribution in [3.05, 3.63) is 64.5 Å². The number of rotatable bonds is 7. The molecule has 1 heterocycles. The van der Waals surface area contributed by atoms with Crippen LogP contribution in [0.5, 0.6) is 5.75 Å². The molecule has 28 heavy (non-hydrogen) atoms. The van der Waals surface area contributed by atoms with Gasteiger partial charge in [0.2, 0.25) is 11.8 Å². The molecule has 144 valence electrons. The smallest absolute Gasteiger partial charge is 0.224 e. The number of carbonyl (C=O) groups excluding carboxylic acids is 2. The van der Waals surface area contributed by atoms with Crippen molar-refractivity contribution in [2.75, 3.05) is 12.4 Å². The van der Waals surface area contributed by atoms with Crippen molar-refractivity contribution in [1.82, 2.24) is 10.3 Å². The van der Waals surface area contributed by atoms with Crippen LogP contribution in [0.3, 0.4) is 0 Å². The Kier molecular flexibility index (Phi) is 6.39. The Bertz CT molecular complexity index is 950. The highest BCUT2D eigenvalue weighted by atomic mass is 32.1. The van der Waals surface area contributed by atoms with Crippen LogP contribution in [-0.4, -0.2) is 23.9 Å². The summed E-state index contributed by atoms with van der Waals surface area (Å²) in [7, 11) is 1.61. The number of nitrogens with one attached hydrogen (secondary N) is 2. The highest BCUT2D eigenvalue weighted by molar-refractivity contribution is 7.09. The molecule has 0 fully saturated rings. The molecule has 0 aliphatic carbocycles. The molecule has 0 spiro atoms. The van der Waals surface area contributed by atoms with Crippen molar-refractivity contribution in [2.24, 2.45) is 0 Å². The number of nitrogens with zero attached hydrogens (tertiary/aromatic N) is 1. The minimum absolute atomic E-state index is 0.0541. The Balaban J connectivity index is 1.53. The average Bonchev–Trinajstić information content (AvgIpc) is 3.16. The predicted molar refractivity (Wildman–Crippen MR) is 110 cm³/mol. The van der Waals surface area contributed by atoms with E-state index in [1.54, 1.807) is 7.11 Å². The lowest BCUT2D eigenvalue weighted by Crippen LogP contribution is -2.24. The zero-order chi connectivity index (χ0) is 19.9. The second-order valence-corrected chi connectivity index (χ2v) is 7.13. The van der Waals surface area contributed by atoms with Crippen LogP contribution in [0.15, 0.2) is 53.9 Å². The number of thiazole rings is 1. The number of carbonyl (C=O) groups is 2. The average molecular weight is 395 g/mol. The molecule has 0 saturated carbocycles. The molecule has 0 radical (unpaired) electrons. The standard InChI is InChI=1S/C21H21N3O3S/c1-14(25)23-17-7-5-16(6-8-17)19-13-28-21(24-19)12-22-20(26)11-15-3-9-18(27-2)10-4-15/h3-10,13H,11-12H2,1-2H3,(H,22,26)(H,23,25). The Morgan fingerprint density at radius 3 is 2.43 bits per heavy atom. The van der Waals surface area contributed by atoms with Crippen molar-refractivity contribution >= 4 is 28.8 Å². The van der Waals surface area contributed by atoms with E-state index >= 15 is 0 Å². The van der Waals surface area contributed by atoms with Crippen LogP contribution >= 0.6 is 11.3 Å². The molecule has 0 atom stereocenters. The van der Waals surface area contributed by atoms with Crippen LogP contribution < -0.4 is 15.4 Å². The number of anilines is 1. The fraction of sp³-hybridized carbons (Fsp3) is 0.190. The van der Waals surface area contributed by atoms with Gasteiger partial charge < -0.3 is 15.4 Å². The van der Waals surface area contributed by atoms with Gasteiger partial charge in [0, 0.05) is 23.6 Å². The third-order valence-corrected chi connectivity index (χ3v) is 4.86.